The molecule has 0 bridgehead atoms. The first-order valence-corrected chi connectivity index (χ1v) is 11.1. The lowest BCUT2D eigenvalue weighted by Gasteiger charge is -2.11. The van der Waals surface area contributed by atoms with E-state index >= 15 is 0 Å². The first-order valence-electron chi connectivity index (χ1n) is 9.15. The van der Waals surface area contributed by atoms with Crippen molar-refractivity contribution < 1.29 is 24.2 Å². The van der Waals surface area contributed by atoms with Gasteiger partial charge in [-0.2, -0.15) is 11.8 Å². The van der Waals surface area contributed by atoms with Crippen molar-refractivity contribution >= 4 is 46.8 Å². The molecule has 9 heteroatoms. The van der Waals surface area contributed by atoms with Gasteiger partial charge >= 0.3 is 5.97 Å². The van der Waals surface area contributed by atoms with E-state index < -0.39 is 12.1 Å². The zero-order valence-corrected chi connectivity index (χ0v) is 18.7. The molecule has 2 aromatic carbocycles. The zero-order chi connectivity index (χ0) is 21.9. The average Bonchev–Trinajstić information content (AvgIpc) is 2.72. The number of thioether (sulfide) groups is 1. The van der Waals surface area contributed by atoms with E-state index in [4.69, 9.17) is 37.8 Å². The molecule has 0 fully saturated rings. The van der Waals surface area contributed by atoms with Crippen LogP contribution in [0.2, 0.25) is 10.0 Å². The van der Waals surface area contributed by atoms with Crippen LogP contribution in [0.15, 0.2) is 42.5 Å². The minimum absolute atomic E-state index is 0.101. The predicted octanol–water partition coefficient (Wildman–Crippen LogP) is 4.06. The minimum atomic E-state index is -1.01. The van der Waals surface area contributed by atoms with Crippen LogP contribution in [0.25, 0.3) is 0 Å². The van der Waals surface area contributed by atoms with Gasteiger partial charge in [0, 0.05) is 41.6 Å². The van der Waals surface area contributed by atoms with E-state index in [2.05, 4.69) is 5.32 Å². The maximum atomic E-state index is 11.9. The van der Waals surface area contributed by atoms with Crippen LogP contribution in [-0.4, -0.2) is 49.1 Å². The fraction of sp³-hybridized carbons (Fsp3) is 0.333. The van der Waals surface area contributed by atoms with Gasteiger partial charge < -0.3 is 19.9 Å². The van der Waals surface area contributed by atoms with Crippen LogP contribution in [-0.2, 0) is 26.5 Å². The van der Waals surface area contributed by atoms with Crippen LogP contribution in [0.4, 0.5) is 0 Å². The van der Waals surface area contributed by atoms with Gasteiger partial charge in [0.05, 0.1) is 0 Å². The Morgan fingerprint density at radius 1 is 1.13 bits per heavy atom. The summed E-state index contributed by atoms with van der Waals surface area (Å²) < 4.78 is 10.4. The van der Waals surface area contributed by atoms with Crippen LogP contribution in [0, 0.1) is 0 Å². The van der Waals surface area contributed by atoms with Crippen LogP contribution in [0.1, 0.15) is 11.1 Å². The number of aliphatic carboxylic acids is 1. The van der Waals surface area contributed by atoms with Gasteiger partial charge in [0.1, 0.15) is 5.75 Å². The van der Waals surface area contributed by atoms with Gasteiger partial charge in [-0.25, -0.2) is 4.79 Å². The van der Waals surface area contributed by atoms with Crippen molar-refractivity contribution in [3.05, 3.63) is 63.6 Å². The summed E-state index contributed by atoms with van der Waals surface area (Å²) in [5.41, 5.74) is 1.70. The van der Waals surface area contributed by atoms with E-state index in [9.17, 15) is 9.59 Å². The Hall–Kier alpha value is -1.93. The van der Waals surface area contributed by atoms with Crippen molar-refractivity contribution in [2.75, 3.05) is 26.0 Å². The Balaban J connectivity index is 1.65. The van der Waals surface area contributed by atoms with E-state index in [1.54, 1.807) is 54.2 Å². The Bertz CT molecular complexity index is 828. The van der Waals surface area contributed by atoms with Gasteiger partial charge in [-0.3, -0.25) is 4.79 Å². The molecule has 0 saturated heterocycles. The fourth-order valence-electron chi connectivity index (χ4n) is 2.51. The molecule has 1 amide bonds. The average molecular weight is 472 g/mol. The van der Waals surface area contributed by atoms with Crippen LogP contribution < -0.4 is 10.1 Å². The van der Waals surface area contributed by atoms with Crippen molar-refractivity contribution in [3.63, 3.8) is 0 Å². The molecule has 2 rings (SSSR count). The summed E-state index contributed by atoms with van der Waals surface area (Å²) in [6.07, 6.45) is -0.640. The Morgan fingerprint density at radius 3 is 2.40 bits per heavy atom. The summed E-state index contributed by atoms with van der Waals surface area (Å²) in [4.78, 5) is 22.9. The lowest BCUT2D eigenvalue weighted by molar-refractivity contribution is -0.148. The molecule has 0 heterocycles. The van der Waals surface area contributed by atoms with Gasteiger partial charge in [0.25, 0.3) is 5.91 Å². The lowest BCUT2D eigenvalue weighted by Crippen LogP contribution is -2.30. The Kier molecular flexibility index (Phi) is 10.3. The second-order valence-electron chi connectivity index (χ2n) is 6.30. The van der Waals surface area contributed by atoms with Gasteiger partial charge in [-0.05, 0) is 35.4 Å². The molecule has 2 aromatic rings. The molecule has 0 spiro atoms. The summed E-state index contributed by atoms with van der Waals surface area (Å²) in [5, 5.41) is 13.1. The number of carbonyl (C=O) groups is 2. The first kappa shape index (κ1) is 24.3. The van der Waals surface area contributed by atoms with Crippen molar-refractivity contribution in [2.24, 2.45) is 0 Å². The second-order valence-corrected chi connectivity index (χ2v) is 8.22. The van der Waals surface area contributed by atoms with E-state index in [1.807, 2.05) is 0 Å². The lowest BCUT2D eigenvalue weighted by atomic mass is 10.1. The third-order valence-electron chi connectivity index (χ3n) is 4.15. The van der Waals surface area contributed by atoms with Crippen molar-refractivity contribution in [2.45, 2.75) is 18.3 Å². The number of benzene rings is 2. The third-order valence-corrected chi connectivity index (χ3v) is 5.84. The number of carboxylic acid groups (broad SMARTS) is 1. The number of hydrogen-bond donors (Lipinski definition) is 2. The number of ether oxygens (including phenoxy) is 2. The summed E-state index contributed by atoms with van der Waals surface area (Å²) in [5.74, 6) is 0.680. The number of halogens is 2. The van der Waals surface area contributed by atoms with Gasteiger partial charge in [-0.1, -0.05) is 41.4 Å². The normalized spacial score (nSPS) is 11.7. The van der Waals surface area contributed by atoms with Gasteiger partial charge in [-0.15, -0.1) is 0 Å². The number of amides is 1. The third kappa shape index (κ3) is 8.07. The molecule has 30 heavy (non-hydrogen) atoms. The van der Waals surface area contributed by atoms with Crippen molar-refractivity contribution in [1.29, 1.82) is 0 Å². The number of rotatable bonds is 12. The summed E-state index contributed by atoms with van der Waals surface area (Å²) in [6.45, 7) is 0.400. The Labute approximate surface area is 189 Å². The molecular weight excluding hydrogens is 449 g/mol. The molecule has 0 aliphatic heterocycles. The number of carboxylic acids is 1. The highest BCUT2D eigenvalue weighted by molar-refractivity contribution is 7.98. The van der Waals surface area contributed by atoms with Crippen LogP contribution in [0.3, 0.4) is 0 Å². The molecule has 0 aliphatic carbocycles. The standard InChI is InChI=1S/C21H23Cl2NO5S/c1-28-19(21(26)27)11-14-5-7-15(8-6-14)29-12-20(25)24-9-10-30-13-16-17(22)3-2-4-18(16)23/h2-8,19H,9-13H2,1H3,(H,24,25)(H,26,27)/t19-/m0/s1. The van der Waals surface area contributed by atoms with Crippen molar-refractivity contribution in [3.8, 4) is 5.75 Å². The topological polar surface area (TPSA) is 84.9 Å². The molecule has 0 unspecified atom stereocenters. The SMILES string of the molecule is CO[C@@H](Cc1ccc(OCC(=O)NCCSCc2c(Cl)cccc2Cl)cc1)C(=O)O. The molecule has 2 N–H and O–H groups in total. The molecule has 1 atom stereocenters. The molecule has 0 saturated carbocycles. The second kappa shape index (κ2) is 12.7. The fourth-order valence-corrected chi connectivity index (χ4v) is 4.11. The molecule has 162 valence electrons. The smallest absolute Gasteiger partial charge is 0.333 e. The highest BCUT2D eigenvalue weighted by Crippen LogP contribution is 2.27. The van der Waals surface area contributed by atoms with Gasteiger partial charge in [0.2, 0.25) is 0 Å². The van der Waals surface area contributed by atoms with Crippen LogP contribution in [0.5, 0.6) is 5.75 Å². The first-order chi connectivity index (χ1) is 14.4. The summed E-state index contributed by atoms with van der Waals surface area (Å²) in [7, 11) is 1.36. The number of hydrogen-bond acceptors (Lipinski definition) is 5. The highest BCUT2D eigenvalue weighted by atomic mass is 35.5. The zero-order valence-electron chi connectivity index (χ0n) is 16.4. The number of nitrogens with one attached hydrogen (secondary N) is 1. The minimum Gasteiger partial charge on any atom is -0.484 e. The quantitative estimate of drug-likeness (QED) is 0.454. The van der Waals surface area contributed by atoms with Crippen molar-refractivity contribution in [1.82, 2.24) is 5.32 Å². The molecule has 0 aliphatic rings. The monoisotopic (exact) mass is 471 g/mol. The maximum Gasteiger partial charge on any atom is 0.333 e. The molecule has 6 nitrogen and oxygen atoms in total. The van der Waals surface area contributed by atoms with E-state index in [-0.39, 0.29) is 18.9 Å². The molecule has 0 radical (unpaired) electrons. The molecule has 0 aromatic heterocycles. The number of methoxy groups -OCH3 is 1. The summed E-state index contributed by atoms with van der Waals surface area (Å²) in [6, 6.07) is 12.3. The number of carbonyl (C=O) groups excluding carboxylic acids is 1. The maximum absolute atomic E-state index is 11.9. The van der Waals surface area contributed by atoms with E-state index in [1.165, 1.54) is 7.11 Å². The molecular formula is C21H23Cl2NO5S. The Morgan fingerprint density at radius 2 is 1.80 bits per heavy atom. The summed E-state index contributed by atoms with van der Waals surface area (Å²) >= 11 is 13.9. The van der Waals surface area contributed by atoms with E-state index in [0.29, 0.717) is 33.8 Å². The van der Waals surface area contributed by atoms with Gasteiger partial charge in [0.15, 0.2) is 12.7 Å². The predicted molar refractivity (Wildman–Crippen MR) is 120 cm³/mol. The highest BCUT2D eigenvalue weighted by Gasteiger charge is 2.16. The van der Waals surface area contributed by atoms with E-state index in [0.717, 1.165) is 11.1 Å². The largest absolute Gasteiger partial charge is 0.484 e. The van der Waals surface area contributed by atoms with Crippen LogP contribution >= 0.6 is 35.0 Å².